The van der Waals surface area contributed by atoms with Crippen LogP contribution in [-0.2, 0) is 16.1 Å². The molecule has 0 spiro atoms. The van der Waals surface area contributed by atoms with Gasteiger partial charge in [-0.1, -0.05) is 0 Å². The van der Waals surface area contributed by atoms with E-state index in [1.165, 1.54) is 6.92 Å². The standard InChI is InChI=1S/C14H19NO6/c1-9(14(16)17)21-11-6-13-12(19-8-20-13)5-10(11)7-15-3-4-18-2/h5-6,9,15H,3-4,7-8H2,1-2H3,(H,16,17). The number of rotatable bonds is 8. The molecular formula is C14H19NO6. The molecule has 0 saturated heterocycles. The fourth-order valence-corrected chi connectivity index (χ4v) is 1.85. The molecule has 2 N–H and O–H groups in total. The van der Waals surface area contributed by atoms with E-state index in [0.29, 0.717) is 36.9 Å². The quantitative estimate of drug-likeness (QED) is 0.692. The zero-order chi connectivity index (χ0) is 15.2. The Balaban J connectivity index is 2.13. The number of fused-ring (bicyclic) bond motifs is 1. The summed E-state index contributed by atoms with van der Waals surface area (Å²) in [6, 6.07) is 3.46. The third-order valence-corrected chi connectivity index (χ3v) is 3.01. The van der Waals surface area contributed by atoms with Crippen LogP contribution >= 0.6 is 0 Å². The lowest BCUT2D eigenvalue weighted by molar-refractivity contribution is -0.144. The third-order valence-electron chi connectivity index (χ3n) is 3.01. The monoisotopic (exact) mass is 297 g/mol. The number of hydrogen-bond donors (Lipinski definition) is 2. The second-order valence-corrected chi connectivity index (χ2v) is 4.58. The van der Waals surface area contributed by atoms with Crippen molar-refractivity contribution >= 4 is 5.97 Å². The number of nitrogens with one attached hydrogen (secondary N) is 1. The molecular weight excluding hydrogens is 278 g/mol. The van der Waals surface area contributed by atoms with Crippen LogP contribution in [-0.4, -0.2) is 44.2 Å². The molecule has 0 aliphatic carbocycles. The first-order valence-electron chi connectivity index (χ1n) is 6.63. The highest BCUT2D eigenvalue weighted by atomic mass is 16.7. The summed E-state index contributed by atoms with van der Waals surface area (Å²) in [4.78, 5) is 10.9. The van der Waals surface area contributed by atoms with Gasteiger partial charge in [0, 0.05) is 31.8 Å². The van der Waals surface area contributed by atoms with Gasteiger partial charge < -0.3 is 29.4 Å². The summed E-state index contributed by atoms with van der Waals surface area (Å²) in [5.74, 6) is 0.641. The molecule has 1 aromatic rings. The topological polar surface area (TPSA) is 86.3 Å². The van der Waals surface area contributed by atoms with Crippen LogP contribution in [0, 0.1) is 0 Å². The Labute approximate surface area is 122 Å². The van der Waals surface area contributed by atoms with Gasteiger partial charge in [0.15, 0.2) is 17.6 Å². The van der Waals surface area contributed by atoms with Crippen LogP contribution < -0.4 is 19.5 Å². The number of carbonyl (C=O) groups is 1. The summed E-state index contributed by atoms with van der Waals surface area (Å²) in [5.41, 5.74) is 0.809. The molecule has 2 rings (SSSR count). The molecule has 1 atom stereocenters. The highest BCUT2D eigenvalue weighted by Crippen LogP contribution is 2.38. The highest BCUT2D eigenvalue weighted by molar-refractivity contribution is 5.72. The maximum absolute atomic E-state index is 10.9. The lowest BCUT2D eigenvalue weighted by atomic mass is 10.1. The van der Waals surface area contributed by atoms with E-state index in [1.54, 1.807) is 19.2 Å². The first-order chi connectivity index (χ1) is 10.1. The van der Waals surface area contributed by atoms with Gasteiger partial charge in [0.05, 0.1) is 6.61 Å². The Hall–Kier alpha value is -1.99. The van der Waals surface area contributed by atoms with Crippen LogP contribution in [0.15, 0.2) is 12.1 Å². The zero-order valence-electron chi connectivity index (χ0n) is 12.0. The van der Waals surface area contributed by atoms with E-state index in [9.17, 15) is 4.79 Å². The van der Waals surface area contributed by atoms with Gasteiger partial charge in [0.25, 0.3) is 0 Å². The average Bonchev–Trinajstić information content (AvgIpc) is 2.90. The van der Waals surface area contributed by atoms with Crippen molar-refractivity contribution in [2.45, 2.75) is 19.6 Å². The number of ether oxygens (including phenoxy) is 4. The van der Waals surface area contributed by atoms with E-state index in [2.05, 4.69) is 5.32 Å². The summed E-state index contributed by atoms with van der Waals surface area (Å²) in [6.45, 7) is 3.42. The second-order valence-electron chi connectivity index (χ2n) is 4.58. The highest BCUT2D eigenvalue weighted by Gasteiger charge is 2.21. The molecule has 7 heteroatoms. The Morgan fingerprint density at radius 3 is 2.81 bits per heavy atom. The van der Waals surface area contributed by atoms with Crippen molar-refractivity contribution in [3.05, 3.63) is 17.7 Å². The molecule has 1 heterocycles. The van der Waals surface area contributed by atoms with Crippen molar-refractivity contribution in [1.29, 1.82) is 0 Å². The van der Waals surface area contributed by atoms with Crippen LogP contribution in [0.3, 0.4) is 0 Å². The Kier molecular flexibility index (Phi) is 5.24. The molecule has 0 aromatic heterocycles. The zero-order valence-corrected chi connectivity index (χ0v) is 12.0. The molecule has 116 valence electrons. The number of carboxylic acids is 1. The lowest BCUT2D eigenvalue weighted by Gasteiger charge is -2.15. The summed E-state index contributed by atoms with van der Waals surface area (Å²) < 4.78 is 21.1. The van der Waals surface area contributed by atoms with Gasteiger partial charge in [-0.2, -0.15) is 0 Å². The van der Waals surface area contributed by atoms with Crippen LogP contribution in [0.1, 0.15) is 12.5 Å². The van der Waals surface area contributed by atoms with E-state index in [4.69, 9.17) is 24.1 Å². The smallest absolute Gasteiger partial charge is 0.344 e. The molecule has 0 saturated carbocycles. The van der Waals surface area contributed by atoms with Crippen molar-refractivity contribution < 1.29 is 28.8 Å². The minimum atomic E-state index is -1.02. The first-order valence-corrected chi connectivity index (χ1v) is 6.63. The minimum absolute atomic E-state index is 0.157. The molecule has 21 heavy (non-hydrogen) atoms. The number of carboxylic acid groups (broad SMARTS) is 1. The maximum Gasteiger partial charge on any atom is 0.344 e. The van der Waals surface area contributed by atoms with Crippen LogP contribution in [0.4, 0.5) is 0 Å². The predicted octanol–water partition coefficient (Wildman–Crippen LogP) is 1.00. The van der Waals surface area contributed by atoms with E-state index >= 15 is 0 Å². The lowest BCUT2D eigenvalue weighted by Crippen LogP contribution is -2.24. The molecule has 0 bridgehead atoms. The largest absolute Gasteiger partial charge is 0.479 e. The number of methoxy groups -OCH3 is 1. The van der Waals surface area contributed by atoms with E-state index < -0.39 is 12.1 Å². The fourth-order valence-electron chi connectivity index (χ4n) is 1.85. The first kappa shape index (κ1) is 15.4. The predicted molar refractivity (Wildman–Crippen MR) is 73.9 cm³/mol. The van der Waals surface area contributed by atoms with Gasteiger partial charge in [-0.3, -0.25) is 0 Å². The average molecular weight is 297 g/mol. The maximum atomic E-state index is 10.9. The van der Waals surface area contributed by atoms with Gasteiger partial charge in [0.2, 0.25) is 6.79 Å². The van der Waals surface area contributed by atoms with E-state index in [1.807, 2.05) is 0 Å². The molecule has 0 radical (unpaired) electrons. The molecule has 1 aliphatic heterocycles. The van der Waals surface area contributed by atoms with Crippen molar-refractivity contribution in [2.75, 3.05) is 27.1 Å². The second kappa shape index (κ2) is 7.14. The van der Waals surface area contributed by atoms with Gasteiger partial charge in [-0.15, -0.1) is 0 Å². The molecule has 0 fully saturated rings. The molecule has 1 aliphatic rings. The molecule has 0 amide bonds. The summed E-state index contributed by atoms with van der Waals surface area (Å²) in [6.07, 6.45) is -0.942. The molecule has 1 unspecified atom stereocenters. The van der Waals surface area contributed by atoms with Crippen LogP contribution in [0.25, 0.3) is 0 Å². The van der Waals surface area contributed by atoms with Crippen LogP contribution in [0.2, 0.25) is 0 Å². The van der Waals surface area contributed by atoms with Gasteiger partial charge in [-0.05, 0) is 13.0 Å². The minimum Gasteiger partial charge on any atom is -0.479 e. The van der Waals surface area contributed by atoms with Crippen molar-refractivity contribution in [3.8, 4) is 17.2 Å². The number of hydrogen-bond acceptors (Lipinski definition) is 6. The Bertz CT molecular complexity index is 504. The normalized spacial score (nSPS) is 14.0. The van der Waals surface area contributed by atoms with Crippen LogP contribution in [0.5, 0.6) is 17.2 Å². The van der Waals surface area contributed by atoms with Crippen molar-refractivity contribution in [2.24, 2.45) is 0 Å². The third kappa shape index (κ3) is 3.99. The Morgan fingerprint density at radius 1 is 1.43 bits per heavy atom. The van der Waals surface area contributed by atoms with Crippen molar-refractivity contribution in [3.63, 3.8) is 0 Å². The molecule has 1 aromatic carbocycles. The summed E-state index contributed by atoms with van der Waals surface area (Å²) in [5, 5.41) is 12.1. The molecule has 7 nitrogen and oxygen atoms in total. The number of benzene rings is 1. The number of aliphatic carboxylic acids is 1. The summed E-state index contributed by atoms with van der Waals surface area (Å²) >= 11 is 0. The Morgan fingerprint density at radius 2 is 2.14 bits per heavy atom. The van der Waals surface area contributed by atoms with Gasteiger partial charge in [0.1, 0.15) is 5.75 Å². The van der Waals surface area contributed by atoms with Gasteiger partial charge in [-0.25, -0.2) is 4.79 Å². The SMILES string of the molecule is COCCNCc1cc2c(cc1OC(C)C(=O)O)OCO2. The fraction of sp³-hybridized carbons (Fsp3) is 0.500. The van der Waals surface area contributed by atoms with Crippen molar-refractivity contribution in [1.82, 2.24) is 5.32 Å². The van der Waals surface area contributed by atoms with E-state index in [0.717, 1.165) is 5.56 Å². The van der Waals surface area contributed by atoms with Gasteiger partial charge >= 0.3 is 5.97 Å². The van der Waals surface area contributed by atoms with E-state index in [-0.39, 0.29) is 6.79 Å². The summed E-state index contributed by atoms with van der Waals surface area (Å²) in [7, 11) is 1.63.